The fourth-order valence-electron chi connectivity index (χ4n) is 1.56. The summed E-state index contributed by atoms with van der Waals surface area (Å²) in [6.07, 6.45) is 0. The summed E-state index contributed by atoms with van der Waals surface area (Å²) in [5, 5.41) is 12.4. The summed E-state index contributed by atoms with van der Waals surface area (Å²) in [6.45, 7) is 1.64. The van der Waals surface area contributed by atoms with Gasteiger partial charge in [-0.2, -0.15) is 0 Å². The van der Waals surface area contributed by atoms with E-state index in [0.29, 0.717) is 5.75 Å². The summed E-state index contributed by atoms with van der Waals surface area (Å²) in [5.41, 5.74) is 8.09. The van der Waals surface area contributed by atoms with Crippen molar-refractivity contribution in [1.82, 2.24) is 5.32 Å². The maximum Gasteiger partial charge on any atom is 0.115 e. The molecule has 1 unspecified atom stereocenters. The Bertz CT molecular complexity index is 299. The van der Waals surface area contributed by atoms with Gasteiger partial charge in [-0.25, -0.2) is 0 Å². The van der Waals surface area contributed by atoms with E-state index in [2.05, 4.69) is 5.32 Å². The van der Waals surface area contributed by atoms with Gasteiger partial charge in [0.2, 0.25) is 0 Å². The Kier molecular flexibility index (Phi) is 1.75. The molecule has 0 amide bonds. The quantitative estimate of drug-likeness (QED) is 0.523. The molecular weight excluding hydrogens is 152 g/mol. The highest BCUT2D eigenvalue weighted by molar-refractivity contribution is 5.38. The number of phenolic OH excluding ortho intramolecular Hbond substituents is 1. The van der Waals surface area contributed by atoms with Crippen LogP contribution in [0.15, 0.2) is 18.2 Å². The molecule has 0 spiro atoms. The van der Waals surface area contributed by atoms with Gasteiger partial charge in [-0.15, -0.1) is 0 Å². The predicted octanol–water partition coefficient (Wildman–Crippen LogP) is 0.495. The molecule has 1 atom stereocenters. The Morgan fingerprint density at radius 1 is 1.50 bits per heavy atom. The van der Waals surface area contributed by atoms with E-state index < -0.39 is 0 Å². The fourth-order valence-corrected chi connectivity index (χ4v) is 1.56. The van der Waals surface area contributed by atoms with Crippen molar-refractivity contribution in [3.05, 3.63) is 29.3 Å². The molecule has 1 aliphatic heterocycles. The summed E-state index contributed by atoms with van der Waals surface area (Å²) in [5.74, 6) is 0.297. The molecule has 2 rings (SSSR count). The van der Waals surface area contributed by atoms with E-state index in [1.54, 1.807) is 12.1 Å². The molecule has 3 nitrogen and oxygen atoms in total. The number of hydrogen-bond acceptors (Lipinski definition) is 3. The molecule has 1 aliphatic rings. The first kappa shape index (κ1) is 7.58. The zero-order valence-electron chi connectivity index (χ0n) is 6.75. The van der Waals surface area contributed by atoms with Crippen molar-refractivity contribution in [3.63, 3.8) is 0 Å². The van der Waals surface area contributed by atoms with Crippen LogP contribution < -0.4 is 11.1 Å². The zero-order valence-corrected chi connectivity index (χ0v) is 6.75. The van der Waals surface area contributed by atoms with Gasteiger partial charge in [0, 0.05) is 19.1 Å². The molecule has 0 bridgehead atoms. The van der Waals surface area contributed by atoms with E-state index in [-0.39, 0.29) is 6.04 Å². The standard InChI is InChI=1S/C9H12N2O/c10-9-5-11-4-6-1-2-7(12)3-8(6)9/h1-3,9,11-12H,4-5,10H2. The van der Waals surface area contributed by atoms with E-state index in [0.717, 1.165) is 18.7 Å². The molecule has 0 aromatic heterocycles. The lowest BCUT2D eigenvalue weighted by atomic mass is 9.97. The van der Waals surface area contributed by atoms with Crippen molar-refractivity contribution < 1.29 is 5.11 Å². The maximum absolute atomic E-state index is 9.23. The van der Waals surface area contributed by atoms with Crippen LogP contribution in [0.1, 0.15) is 17.2 Å². The van der Waals surface area contributed by atoms with Gasteiger partial charge in [0.15, 0.2) is 0 Å². The minimum absolute atomic E-state index is 0.0147. The van der Waals surface area contributed by atoms with Crippen LogP contribution in [0.25, 0.3) is 0 Å². The number of nitrogens with one attached hydrogen (secondary N) is 1. The number of phenols is 1. The minimum atomic E-state index is 0.0147. The number of nitrogens with two attached hydrogens (primary N) is 1. The van der Waals surface area contributed by atoms with Crippen LogP contribution in [0.2, 0.25) is 0 Å². The molecule has 0 radical (unpaired) electrons. The van der Waals surface area contributed by atoms with E-state index >= 15 is 0 Å². The number of rotatable bonds is 0. The molecule has 3 heteroatoms. The summed E-state index contributed by atoms with van der Waals surface area (Å²) in [7, 11) is 0. The first-order valence-electron chi connectivity index (χ1n) is 4.05. The molecule has 0 fully saturated rings. The Balaban J connectivity index is 2.47. The maximum atomic E-state index is 9.23. The Hall–Kier alpha value is -1.06. The van der Waals surface area contributed by atoms with Crippen molar-refractivity contribution in [2.24, 2.45) is 5.73 Å². The lowest BCUT2D eigenvalue weighted by Crippen LogP contribution is -2.32. The molecule has 1 aromatic carbocycles. The average Bonchev–Trinajstić information content (AvgIpc) is 2.07. The van der Waals surface area contributed by atoms with Crippen LogP contribution in [0, 0.1) is 0 Å². The third kappa shape index (κ3) is 1.17. The number of fused-ring (bicyclic) bond motifs is 1. The second-order valence-electron chi connectivity index (χ2n) is 3.12. The van der Waals surface area contributed by atoms with Crippen molar-refractivity contribution in [1.29, 1.82) is 0 Å². The largest absolute Gasteiger partial charge is 0.508 e. The third-order valence-corrected chi connectivity index (χ3v) is 2.21. The highest BCUT2D eigenvalue weighted by Gasteiger charge is 2.15. The molecular formula is C9H12N2O. The number of hydrogen-bond donors (Lipinski definition) is 3. The molecule has 0 saturated heterocycles. The lowest BCUT2D eigenvalue weighted by molar-refractivity contribution is 0.470. The third-order valence-electron chi connectivity index (χ3n) is 2.21. The van der Waals surface area contributed by atoms with Gasteiger partial charge in [-0.3, -0.25) is 0 Å². The van der Waals surface area contributed by atoms with Crippen molar-refractivity contribution in [2.75, 3.05) is 6.54 Å². The first-order valence-corrected chi connectivity index (χ1v) is 4.05. The van der Waals surface area contributed by atoms with E-state index in [4.69, 9.17) is 5.73 Å². The fraction of sp³-hybridized carbons (Fsp3) is 0.333. The van der Waals surface area contributed by atoms with Crippen LogP contribution in [-0.2, 0) is 6.54 Å². The van der Waals surface area contributed by atoms with Crippen LogP contribution in [-0.4, -0.2) is 11.7 Å². The topological polar surface area (TPSA) is 58.3 Å². The van der Waals surface area contributed by atoms with E-state index in [9.17, 15) is 5.11 Å². The zero-order chi connectivity index (χ0) is 8.55. The smallest absolute Gasteiger partial charge is 0.115 e. The molecule has 64 valence electrons. The SMILES string of the molecule is NC1CNCc2ccc(O)cc21. The van der Waals surface area contributed by atoms with Crippen molar-refractivity contribution in [2.45, 2.75) is 12.6 Å². The molecule has 0 aliphatic carbocycles. The summed E-state index contributed by atoms with van der Waals surface area (Å²) in [4.78, 5) is 0. The highest BCUT2D eigenvalue weighted by atomic mass is 16.3. The molecule has 12 heavy (non-hydrogen) atoms. The van der Waals surface area contributed by atoms with Crippen LogP contribution >= 0.6 is 0 Å². The first-order chi connectivity index (χ1) is 5.77. The van der Waals surface area contributed by atoms with Gasteiger partial charge in [0.05, 0.1) is 0 Å². The molecule has 0 saturated carbocycles. The van der Waals surface area contributed by atoms with Gasteiger partial charge in [0.1, 0.15) is 5.75 Å². The normalized spacial score (nSPS) is 21.9. The Labute approximate surface area is 71.2 Å². The van der Waals surface area contributed by atoms with Gasteiger partial charge in [-0.05, 0) is 23.3 Å². The second kappa shape index (κ2) is 2.77. The molecule has 1 heterocycles. The molecule has 1 aromatic rings. The average molecular weight is 164 g/mol. The van der Waals surface area contributed by atoms with E-state index in [1.807, 2.05) is 6.07 Å². The summed E-state index contributed by atoms with van der Waals surface area (Å²) in [6, 6.07) is 5.37. The van der Waals surface area contributed by atoms with Crippen LogP contribution in [0.5, 0.6) is 5.75 Å². The predicted molar refractivity (Wildman–Crippen MR) is 46.7 cm³/mol. The number of benzene rings is 1. The summed E-state index contributed by atoms with van der Waals surface area (Å²) < 4.78 is 0. The highest BCUT2D eigenvalue weighted by Crippen LogP contribution is 2.23. The molecule has 4 N–H and O–H groups in total. The van der Waals surface area contributed by atoms with Gasteiger partial charge < -0.3 is 16.2 Å². The second-order valence-corrected chi connectivity index (χ2v) is 3.12. The van der Waals surface area contributed by atoms with Gasteiger partial charge >= 0.3 is 0 Å². The summed E-state index contributed by atoms with van der Waals surface area (Å²) >= 11 is 0. The van der Waals surface area contributed by atoms with Gasteiger partial charge in [0.25, 0.3) is 0 Å². The van der Waals surface area contributed by atoms with E-state index in [1.165, 1.54) is 5.56 Å². The Morgan fingerprint density at radius 3 is 3.17 bits per heavy atom. The van der Waals surface area contributed by atoms with Gasteiger partial charge in [-0.1, -0.05) is 6.07 Å². The van der Waals surface area contributed by atoms with Crippen LogP contribution in [0.3, 0.4) is 0 Å². The Morgan fingerprint density at radius 2 is 2.33 bits per heavy atom. The van der Waals surface area contributed by atoms with Crippen LogP contribution in [0.4, 0.5) is 0 Å². The lowest BCUT2D eigenvalue weighted by Gasteiger charge is -2.23. The minimum Gasteiger partial charge on any atom is -0.508 e. The number of aromatic hydroxyl groups is 1. The van der Waals surface area contributed by atoms with Crippen molar-refractivity contribution in [3.8, 4) is 5.75 Å². The van der Waals surface area contributed by atoms with Crippen molar-refractivity contribution >= 4 is 0 Å². The monoisotopic (exact) mass is 164 g/mol.